The Balaban J connectivity index is 2.42. The van der Waals surface area contributed by atoms with Crippen LogP contribution in [0.3, 0.4) is 0 Å². The lowest BCUT2D eigenvalue weighted by Crippen LogP contribution is -2.30. The lowest BCUT2D eigenvalue weighted by atomic mass is 10.2. The topological polar surface area (TPSA) is 58.2 Å². The highest BCUT2D eigenvalue weighted by Gasteiger charge is 2.10. The van der Waals surface area contributed by atoms with E-state index in [1.165, 1.54) is 0 Å². The molecule has 0 bridgehead atoms. The number of benzene rings is 1. The van der Waals surface area contributed by atoms with Crippen LogP contribution in [-0.2, 0) is 9.59 Å². The average Bonchev–Trinajstić information content (AvgIpc) is 2.29. The number of rotatable bonds is 5. The number of hydrogen-bond donors (Lipinski definition) is 2. The van der Waals surface area contributed by atoms with E-state index < -0.39 is 0 Å². The molecule has 0 aliphatic heterocycles. The SMILES string of the molecule is Cc1ccccc1NC(=O)CC(=O)NCC(C)C. The molecule has 0 atom stereocenters. The molecule has 0 unspecified atom stereocenters. The van der Waals surface area contributed by atoms with Gasteiger partial charge in [0, 0.05) is 12.2 Å². The molecule has 18 heavy (non-hydrogen) atoms. The van der Waals surface area contributed by atoms with Gasteiger partial charge in [-0.25, -0.2) is 0 Å². The van der Waals surface area contributed by atoms with Crippen LogP contribution in [-0.4, -0.2) is 18.4 Å². The molecule has 0 saturated heterocycles. The highest BCUT2D eigenvalue weighted by atomic mass is 16.2. The average molecular weight is 248 g/mol. The smallest absolute Gasteiger partial charge is 0.233 e. The maximum Gasteiger partial charge on any atom is 0.233 e. The molecule has 1 aromatic carbocycles. The molecule has 0 fully saturated rings. The van der Waals surface area contributed by atoms with Crippen LogP contribution >= 0.6 is 0 Å². The highest BCUT2D eigenvalue weighted by Crippen LogP contribution is 2.13. The summed E-state index contributed by atoms with van der Waals surface area (Å²) in [4.78, 5) is 23.1. The van der Waals surface area contributed by atoms with Crippen molar-refractivity contribution in [3.8, 4) is 0 Å². The Morgan fingerprint density at radius 1 is 1.17 bits per heavy atom. The van der Waals surface area contributed by atoms with E-state index in [1.807, 2.05) is 45.0 Å². The van der Waals surface area contributed by atoms with Crippen LogP contribution in [0.2, 0.25) is 0 Å². The van der Waals surface area contributed by atoms with E-state index in [2.05, 4.69) is 10.6 Å². The van der Waals surface area contributed by atoms with Crippen molar-refractivity contribution in [3.63, 3.8) is 0 Å². The summed E-state index contributed by atoms with van der Waals surface area (Å²) in [7, 11) is 0. The van der Waals surface area contributed by atoms with Gasteiger partial charge in [0.15, 0.2) is 0 Å². The van der Waals surface area contributed by atoms with E-state index in [1.54, 1.807) is 0 Å². The summed E-state index contributed by atoms with van der Waals surface area (Å²) in [5.74, 6) is -0.145. The van der Waals surface area contributed by atoms with Gasteiger partial charge in [-0.2, -0.15) is 0 Å². The largest absolute Gasteiger partial charge is 0.355 e. The molecule has 0 saturated carbocycles. The van der Waals surface area contributed by atoms with Crippen LogP contribution in [0.5, 0.6) is 0 Å². The number of amides is 2. The standard InChI is InChI=1S/C14H20N2O2/c1-10(2)9-15-13(17)8-14(18)16-12-7-5-4-6-11(12)3/h4-7,10H,8-9H2,1-3H3,(H,15,17)(H,16,18). The van der Waals surface area contributed by atoms with E-state index in [0.717, 1.165) is 11.3 Å². The highest BCUT2D eigenvalue weighted by molar-refractivity contribution is 6.03. The molecule has 0 aliphatic carbocycles. The first kappa shape index (κ1) is 14.2. The molecule has 2 amide bonds. The van der Waals surface area contributed by atoms with Crippen LogP contribution in [0, 0.1) is 12.8 Å². The quantitative estimate of drug-likeness (QED) is 0.784. The minimum Gasteiger partial charge on any atom is -0.355 e. The normalized spacial score (nSPS) is 10.2. The third-order valence-corrected chi connectivity index (χ3v) is 2.45. The summed E-state index contributed by atoms with van der Waals surface area (Å²) in [6.45, 7) is 6.52. The Kier molecular flexibility index (Phi) is 5.36. The van der Waals surface area contributed by atoms with Crippen molar-refractivity contribution >= 4 is 17.5 Å². The van der Waals surface area contributed by atoms with Gasteiger partial charge in [-0.1, -0.05) is 32.0 Å². The zero-order valence-corrected chi connectivity index (χ0v) is 11.1. The molecule has 98 valence electrons. The third-order valence-electron chi connectivity index (χ3n) is 2.45. The number of carbonyl (C=O) groups is 2. The third kappa shape index (κ3) is 4.99. The maximum absolute atomic E-state index is 11.6. The minimum atomic E-state index is -0.287. The van der Waals surface area contributed by atoms with Gasteiger partial charge in [0.2, 0.25) is 11.8 Å². The Morgan fingerprint density at radius 2 is 1.83 bits per heavy atom. The summed E-state index contributed by atoms with van der Waals surface area (Å²) >= 11 is 0. The Labute approximate surface area is 108 Å². The zero-order chi connectivity index (χ0) is 13.5. The van der Waals surface area contributed by atoms with Gasteiger partial charge in [-0.05, 0) is 24.5 Å². The maximum atomic E-state index is 11.6. The predicted molar refractivity (Wildman–Crippen MR) is 72.3 cm³/mol. The number of anilines is 1. The van der Waals surface area contributed by atoms with Crippen LogP contribution in [0.25, 0.3) is 0 Å². The van der Waals surface area contributed by atoms with Gasteiger partial charge in [0.25, 0.3) is 0 Å². The molecule has 0 aromatic heterocycles. The molecule has 2 N–H and O–H groups in total. The fourth-order valence-electron chi connectivity index (χ4n) is 1.43. The van der Waals surface area contributed by atoms with Gasteiger partial charge < -0.3 is 10.6 Å². The number of aryl methyl sites for hydroxylation is 1. The van der Waals surface area contributed by atoms with Crippen LogP contribution in [0.1, 0.15) is 25.8 Å². The molecule has 4 nitrogen and oxygen atoms in total. The molecule has 0 spiro atoms. The van der Waals surface area contributed by atoms with Gasteiger partial charge in [0.05, 0.1) is 0 Å². The summed E-state index contributed by atoms with van der Waals surface area (Å²) in [5.41, 5.74) is 1.73. The molecule has 0 aliphatic rings. The molecule has 0 radical (unpaired) electrons. The van der Waals surface area contributed by atoms with Crippen LogP contribution in [0.15, 0.2) is 24.3 Å². The van der Waals surface area contributed by atoms with E-state index in [9.17, 15) is 9.59 Å². The monoisotopic (exact) mass is 248 g/mol. The summed E-state index contributed by atoms with van der Waals surface area (Å²) in [6, 6.07) is 7.48. The van der Waals surface area contributed by atoms with Crippen molar-refractivity contribution in [1.82, 2.24) is 5.32 Å². The van der Waals surface area contributed by atoms with Crippen molar-refractivity contribution in [3.05, 3.63) is 29.8 Å². The molecule has 1 rings (SSSR count). The first-order valence-electron chi connectivity index (χ1n) is 6.11. The Morgan fingerprint density at radius 3 is 2.44 bits per heavy atom. The van der Waals surface area contributed by atoms with Crippen LogP contribution < -0.4 is 10.6 Å². The van der Waals surface area contributed by atoms with E-state index in [-0.39, 0.29) is 18.2 Å². The first-order chi connectivity index (χ1) is 8.49. The van der Waals surface area contributed by atoms with E-state index in [4.69, 9.17) is 0 Å². The molecule has 1 aromatic rings. The summed E-state index contributed by atoms with van der Waals surface area (Å²) < 4.78 is 0. The summed E-state index contributed by atoms with van der Waals surface area (Å²) in [6.07, 6.45) is -0.138. The second-order valence-corrected chi connectivity index (χ2v) is 4.74. The lowest BCUT2D eigenvalue weighted by molar-refractivity contribution is -0.126. The molecular formula is C14H20N2O2. The zero-order valence-electron chi connectivity index (χ0n) is 11.1. The van der Waals surface area contributed by atoms with Crippen LogP contribution in [0.4, 0.5) is 5.69 Å². The fourth-order valence-corrected chi connectivity index (χ4v) is 1.43. The first-order valence-corrected chi connectivity index (χ1v) is 6.11. The number of carbonyl (C=O) groups excluding carboxylic acids is 2. The van der Waals surface area contributed by atoms with E-state index >= 15 is 0 Å². The number of hydrogen-bond acceptors (Lipinski definition) is 2. The van der Waals surface area contributed by atoms with Gasteiger partial charge in [-0.15, -0.1) is 0 Å². The van der Waals surface area contributed by atoms with Crippen molar-refractivity contribution in [2.45, 2.75) is 27.2 Å². The van der Waals surface area contributed by atoms with Crippen molar-refractivity contribution < 1.29 is 9.59 Å². The fraction of sp³-hybridized carbons (Fsp3) is 0.429. The second-order valence-electron chi connectivity index (χ2n) is 4.74. The summed E-state index contributed by atoms with van der Waals surface area (Å²) in [5, 5.41) is 5.44. The lowest BCUT2D eigenvalue weighted by Gasteiger charge is -2.09. The predicted octanol–water partition coefficient (Wildman–Crippen LogP) is 2.10. The van der Waals surface area contributed by atoms with Gasteiger partial charge in [0.1, 0.15) is 6.42 Å². The molecule has 0 heterocycles. The number of para-hydroxylation sites is 1. The molecule has 4 heteroatoms. The molecular weight excluding hydrogens is 228 g/mol. The number of nitrogens with one attached hydrogen (secondary N) is 2. The van der Waals surface area contributed by atoms with Crippen molar-refractivity contribution in [1.29, 1.82) is 0 Å². The minimum absolute atomic E-state index is 0.138. The Bertz CT molecular complexity index is 428. The second kappa shape index (κ2) is 6.79. The van der Waals surface area contributed by atoms with Crippen molar-refractivity contribution in [2.75, 3.05) is 11.9 Å². The van der Waals surface area contributed by atoms with E-state index in [0.29, 0.717) is 12.5 Å². The Hall–Kier alpha value is -1.84. The van der Waals surface area contributed by atoms with Gasteiger partial charge >= 0.3 is 0 Å². The van der Waals surface area contributed by atoms with Gasteiger partial charge in [-0.3, -0.25) is 9.59 Å². The van der Waals surface area contributed by atoms with Crippen molar-refractivity contribution in [2.24, 2.45) is 5.92 Å².